The minimum atomic E-state index is -4.79. The molecule has 4 atom stereocenters. The highest BCUT2D eigenvalue weighted by Crippen LogP contribution is 2.48. The molecule has 10 heteroatoms. The fourth-order valence-corrected chi connectivity index (χ4v) is 7.60. The maximum Gasteiger partial charge on any atom is 0.469 e. The fraction of sp³-hybridized carbons (Fsp3) is 0.450. The van der Waals surface area contributed by atoms with Crippen molar-refractivity contribution in [3.63, 3.8) is 0 Å². The van der Waals surface area contributed by atoms with E-state index in [1.807, 2.05) is 90.2 Å². The highest BCUT2D eigenvalue weighted by Gasteiger charge is 2.37. The van der Waals surface area contributed by atoms with Crippen molar-refractivity contribution in [2.75, 3.05) is 0 Å². The van der Waals surface area contributed by atoms with E-state index in [1.54, 1.807) is 6.08 Å². The van der Waals surface area contributed by atoms with Gasteiger partial charge >= 0.3 is 7.82 Å². The molecular weight excluding hydrogens is 670 g/mol. The summed E-state index contributed by atoms with van der Waals surface area (Å²) in [5.41, 5.74) is 7.15. The van der Waals surface area contributed by atoms with Crippen LogP contribution in [0.15, 0.2) is 130 Å². The molecule has 0 aliphatic heterocycles. The zero-order valence-corrected chi connectivity index (χ0v) is 33.1. The Morgan fingerprint density at radius 1 is 0.780 bits per heavy atom. The van der Waals surface area contributed by atoms with Crippen molar-refractivity contribution >= 4 is 15.6 Å². The first kappa shape index (κ1) is 43.5. The Hall–Kier alpha value is -2.64. The number of allylic oxidation sites excluding steroid dienone is 20. The van der Waals surface area contributed by atoms with Gasteiger partial charge in [0.1, 0.15) is 0 Å². The summed E-state index contributed by atoms with van der Waals surface area (Å²) in [5, 5.41) is 0. The van der Waals surface area contributed by atoms with E-state index in [2.05, 4.69) is 64.2 Å². The monoisotopic (exact) mass is 727 g/mol. The van der Waals surface area contributed by atoms with Crippen LogP contribution in [-0.2, 0) is 18.2 Å². The molecule has 8 nitrogen and oxygen atoms in total. The van der Waals surface area contributed by atoms with Crippen molar-refractivity contribution in [3.05, 3.63) is 130 Å². The second kappa shape index (κ2) is 18.7. The molecule has 0 aromatic rings. The van der Waals surface area contributed by atoms with Gasteiger partial charge in [-0.1, -0.05) is 152 Å². The Morgan fingerprint density at radius 3 is 1.76 bits per heavy atom. The summed E-state index contributed by atoms with van der Waals surface area (Å²) in [6.45, 7) is 20.4. The van der Waals surface area contributed by atoms with Crippen LogP contribution in [0.25, 0.3) is 0 Å². The molecule has 0 heterocycles. The van der Waals surface area contributed by atoms with E-state index in [1.165, 1.54) is 5.57 Å². The summed E-state index contributed by atoms with van der Waals surface area (Å²) in [4.78, 5) is 38.7. The molecule has 0 saturated carbocycles. The van der Waals surface area contributed by atoms with Crippen LogP contribution in [-0.4, -0.2) is 26.9 Å². The molecule has 276 valence electrons. The van der Waals surface area contributed by atoms with Crippen molar-refractivity contribution in [2.24, 2.45) is 16.7 Å². The lowest BCUT2D eigenvalue weighted by molar-refractivity contribution is -0.223. The van der Waals surface area contributed by atoms with E-state index in [0.717, 1.165) is 33.4 Å². The largest absolute Gasteiger partial charge is 0.756 e. The minimum Gasteiger partial charge on any atom is -0.756 e. The van der Waals surface area contributed by atoms with Crippen LogP contribution in [0.4, 0.5) is 0 Å². The molecule has 2 aliphatic rings. The van der Waals surface area contributed by atoms with Gasteiger partial charge in [0.05, 0.1) is 12.2 Å². The van der Waals surface area contributed by atoms with Gasteiger partial charge < -0.3 is 24.1 Å². The Bertz CT molecular complexity index is 1640. The van der Waals surface area contributed by atoms with Crippen LogP contribution in [0.1, 0.15) is 88.5 Å². The Balaban J connectivity index is 1.93. The van der Waals surface area contributed by atoms with Crippen molar-refractivity contribution in [3.8, 4) is 0 Å². The van der Waals surface area contributed by atoms with Gasteiger partial charge in [0.2, 0.25) is 0 Å². The molecule has 0 bridgehead atoms. The van der Waals surface area contributed by atoms with E-state index in [0.29, 0.717) is 19.3 Å². The average molecular weight is 728 g/mol. The maximum atomic E-state index is 11.3. The summed E-state index contributed by atoms with van der Waals surface area (Å²) in [5.74, 6) is 0.119. The third kappa shape index (κ3) is 16.1. The van der Waals surface area contributed by atoms with Crippen molar-refractivity contribution in [2.45, 2.75) is 101 Å². The van der Waals surface area contributed by atoms with Crippen LogP contribution >= 0.6 is 15.6 Å². The molecule has 0 spiro atoms. The standard InChI is InChI=1S/C40H58O8P2/c1-29(17-13-19-31(3)21-23-37-33(5)25-35(27-39(37,7)8)47-49(41,42)43)15-11-12-16-30(2)18-14-20-32(4)22-24-38-34(6)26-36(28-40(38,9)10)48-50(44,45)46/h11-25,35-37H,26-28H2,1-10H3,(H2,41,42,43)(H2,44,45,46)/p-1/b12-11+,17-13+,18-14+,23-21+,24-22+,29-15+,30-16+,31-19+,32-20+. The molecule has 50 heavy (non-hydrogen) atoms. The normalized spacial score (nSPS) is 25.9. The lowest BCUT2D eigenvalue weighted by atomic mass is 9.67. The van der Waals surface area contributed by atoms with Gasteiger partial charge in [-0.3, -0.25) is 9.09 Å². The molecule has 4 unspecified atom stereocenters. The second-order valence-corrected chi connectivity index (χ2v) is 17.2. The first-order valence-corrected chi connectivity index (χ1v) is 19.9. The fourth-order valence-electron chi connectivity index (χ4n) is 6.59. The van der Waals surface area contributed by atoms with Gasteiger partial charge in [-0.25, -0.2) is 4.57 Å². The van der Waals surface area contributed by atoms with Crippen molar-refractivity contribution in [1.82, 2.24) is 0 Å². The van der Waals surface area contributed by atoms with Gasteiger partial charge in [0.15, 0.2) is 0 Å². The van der Waals surface area contributed by atoms with Crippen LogP contribution in [0, 0.1) is 16.7 Å². The van der Waals surface area contributed by atoms with E-state index in [-0.39, 0.29) is 16.7 Å². The highest BCUT2D eigenvalue weighted by molar-refractivity contribution is 7.46. The van der Waals surface area contributed by atoms with E-state index < -0.39 is 27.9 Å². The number of hydrogen-bond acceptors (Lipinski definition) is 5. The predicted molar refractivity (Wildman–Crippen MR) is 204 cm³/mol. The third-order valence-electron chi connectivity index (χ3n) is 8.85. The molecule has 3 N–H and O–H groups in total. The van der Waals surface area contributed by atoms with Crippen LogP contribution in [0.3, 0.4) is 0 Å². The number of phosphoric ester groups is 2. The second-order valence-electron chi connectivity index (χ2n) is 14.8. The molecule has 0 fully saturated rings. The van der Waals surface area contributed by atoms with Gasteiger partial charge in [-0.15, -0.1) is 0 Å². The van der Waals surface area contributed by atoms with E-state index in [4.69, 9.17) is 13.9 Å². The van der Waals surface area contributed by atoms with Crippen molar-refractivity contribution in [1.29, 1.82) is 0 Å². The van der Waals surface area contributed by atoms with E-state index in [9.17, 15) is 23.8 Å². The summed E-state index contributed by atoms with van der Waals surface area (Å²) in [6.07, 6.45) is 30.9. The van der Waals surface area contributed by atoms with E-state index >= 15 is 0 Å². The summed E-state index contributed by atoms with van der Waals surface area (Å²) >= 11 is 0. The maximum absolute atomic E-state index is 11.3. The summed E-state index contributed by atoms with van der Waals surface area (Å²) < 4.78 is 32.3. The van der Waals surface area contributed by atoms with Crippen LogP contribution in [0.5, 0.6) is 0 Å². The number of rotatable bonds is 14. The molecular formula is C40H57O8P2-. The Morgan fingerprint density at radius 2 is 1.28 bits per heavy atom. The predicted octanol–water partition coefficient (Wildman–Crippen LogP) is 10.0. The van der Waals surface area contributed by atoms with Gasteiger partial charge in [0.25, 0.3) is 7.82 Å². The first-order valence-electron chi connectivity index (χ1n) is 16.9. The van der Waals surface area contributed by atoms with Crippen molar-refractivity contribution < 1.29 is 37.8 Å². The summed E-state index contributed by atoms with van der Waals surface area (Å²) in [7, 11) is -9.31. The number of phosphoric acid groups is 2. The van der Waals surface area contributed by atoms with Gasteiger partial charge in [0, 0.05) is 5.92 Å². The SMILES string of the molecule is CC1=CC(OP(=O)([O-])O)CC(C)(C)C1/C=C/C(C)=C/C=C/C(C)=C/C=C/C=C(C)/C=C/C=C(C)/C=C/C1=C(C)CC(OP(=O)(O)O)CC1(C)C. The zero-order chi connectivity index (χ0) is 37.9. The molecule has 0 aromatic heterocycles. The average Bonchev–Trinajstić information content (AvgIpc) is 2.91. The third-order valence-corrected chi connectivity index (χ3v) is 9.96. The molecule has 0 aromatic carbocycles. The molecule has 2 aliphatic carbocycles. The molecule has 2 rings (SSSR count). The summed E-state index contributed by atoms with van der Waals surface area (Å²) in [6, 6.07) is 0. The molecule has 0 radical (unpaired) electrons. The van der Waals surface area contributed by atoms with Gasteiger partial charge in [-0.05, 0) is 77.2 Å². The van der Waals surface area contributed by atoms with Gasteiger partial charge in [-0.2, -0.15) is 0 Å². The quantitative estimate of drug-likeness (QED) is 0.0914. The lowest BCUT2D eigenvalue weighted by Crippen LogP contribution is -2.34. The zero-order valence-electron chi connectivity index (χ0n) is 31.3. The first-order chi connectivity index (χ1) is 23.0. The van der Waals surface area contributed by atoms with Crippen LogP contribution in [0.2, 0.25) is 0 Å². The molecule has 0 amide bonds. The van der Waals surface area contributed by atoms with Crippen LogP contribution < -0.4 is 4.89 Å². The number of hydrogen-bond donors (Lipinski definition) is 3. The minimum absolute atomic E-state index is 0.119. The topological polar surface area (TPSA) is 136 Å². The Labute approximate surface area is 300 Å². The molecule has 0 saturated heterocycles. The Kier molecular flexibility index (Phi) is 16.3. The lowest BCUT2D eigenvalue weighted by Gasteiger charge is -2.41. The highest BCUT2D eigenvalue weighted by atomic mass is 31.2. The smallest absolute Gasteiger partial charge is 0.469 e.